The Labute approximate surface area is 77.5 Å². The van der Waals surface area contributed by atoms with Crippen LogP contribution in [-0.4, -0.2) is 48.5 Å². The highest BCUT2D eigenvalue weighted by Gasteiger charge is 2.42. The normalized spacial score (nSPS) is 45.9. The molecule has 2 N–H and O–H groups in total. The number of hydrogen-bond acceptors (Lipinski definition) is 5. The fourth-order valence-electron chi connectivity index (χ4n) is 1.46. The van der Waals surface area contributed by atoms with Gasteiger partial charge in [-0.1, -0.05) is 11.5 Å². The largest absolute Gasteiger partial charge is 0.388 e. The second kappa shape index (κ2) is 4.17. The molecule has 1 aliphatic rings. The van der Waals surface area contributed by atoms with Crippen molar-refractivity contribution in [2.24, 2.45) is 5.18 Å². The van der Waals surface area contributed by atoms with Gasteiger partial charge in [0.2, 0.25) is 0 Å². The van der Waals surface area contributed by atoms with Crippen molar-refractivity contribution < 1.29 is 14.9 Å². The van der Waals surface area contributed by atoms with Gasteiger partial charge in [0.15, 0.2) is 0 Å². The molecule has 1 fully saturated rings. The van der Waals surface area contributed by atoms with Crippen LogP contribution in [0.1, 0.15) is 6.92 Å². The van der Waals surface area contributed by atoms with E-state index < -0.39 is 30.5 Å². The first kappa shape index (κ1) is 10.6. The minimum Gasteiger partial charge on any atom is -0.388 e. The fourth-order valence-corrected chi connectivity index (χ4v) is 1.46. The lowest BCUT2D eigenvalue weighted by molar-refractivity contribution is -0.166. The predicted octanol–water partition coefficient (Wildman–Crippen LogP) is -0.783. The number of hydrogen-bond donors (Lipinski definition) is 2. The number of nitroso groups, excluding NO2 is 1. The maximum Gasteiger partial charge on any atom is 0.146 e. The van der Waals surface area contributed by atoms with Gasteiger partial charge >= 0.3 is 0 Å². The minimum absolute atomic E-state index is 0.102. The summed E-state index contributed by atoms with van der Waals surface area (Å²) in [5.41, 5.74) is 0. The Kier molecular flexibility index (Phi) is 3.41. The van der Waals surface area contributed by atoms with E-state index in [1.807, 2.05) is 0 Å². The molecule has 0 spiro atoms. The van der Waals surface area contributed by atoms with Crippen molar-refractivity contribution in [1.29, 1.82) is 0 Å². The lowest BCUT2D eigenvalue weighted by Gasteiger charge is -2.38. The summed E-state index contributed by atoms with van der Waals surface area (Å²) in [5.74, 6) is 0. The SMILES string of the molecule is [B]C[C@H]1O[C@H](C)C(O)C(O)[C@@H]1N=O. The second-order valence-corrected chi connectivity index (χ2v) is 3.19. The summed E-state index contributed by atoms with van der Waals surface area (Å²) in [6.07, 6.45) is -3.29. The molecule has 0 aromatic rings. The van der Waals surface area contributed by atoms with Gasteiger partial charge in [-0.2, -0.15) is 4.91 Å². The molecule has 5 atom stereocenters. The van der Waals surface area contributed by atoms with Crippen molar-refractivity contribution >= 4 is 7.85 Å². The van der Waals surface area contributed by atoms with Crippen LogP contribution in [0.4, 0.5) is 0 Å². The first-order valence-corrected chi connectivity index (χ1v) is 4.16. The van der Waals surface area contributed by atoms with Gasteiger partial charge in [-0.25, -0.2) is 0 Å². The van der Waals surface area contributed by atoms with Crippen LogP contribution in [0.2, 0.25) is 6.32 Å². The molecular weight excluding hydrogens is 173 g/mol. The molecule has 1 aliphatic heterocycles. The Morgan fingerprint density at radius 1 is 1.46 bits per heavy atom. The number of aliphatic hydroxyl groups is 2. The quantitative estimate of drug-likeness (QED) is 0.436. The smallest absolute Gasteiger partial charge is 0.146 e. The molecule has 0 bridgehead atoms. The molecule has 1 heterocycles. The van der Waals surface area contributed by atoms with E-state index in [4.69, 9.17) is 12.6 Å². The van der Waals surface area contributed by atoms with E-state index in [-0.39, 0.29) is 6.32 Å². The maximum absolute atomic E-state index is 10.3. The van der Waals surface area contributed by atoms with Gasteiger partial charge in [-0.05, 0) is 6.92 Å². The van der Waals surface area contributed by atoms with E-state index in [9.17, 15) is 15.1 Å². The lowest BCUT2D eigenvalue weighted by atomic mass is 9.86. The average Bonchev–Trinajstić information content (AvgIpc) is 2.13. The Bertz CT molecular complexity index is 189. The van der Waals surface area contributed by atoms with Gasteiger partial charge in [0.25, 0.3) is 0 Å². The third-order valence-corrected chi connectivity index (χ3v) is 2.31. The van der Waals surface area contributed by atoms with E-state index >= 15 is 0 Å². The highest BCUT2D eigenvalue weighted by molar-refractivity contribution is 6.08. The molecule has 1 rings (SSSR count). The van der Waals surface area contributed by atoms with Crippen molar-refractivity contribution in [3.05, 3.63) is 4.91 Å². The number of rotatable bonds is 2. The highest BCUT2D eigenvalue weighted by atomic mass is 16.5. The number of aliphatic hydroxyl groups excluding tert-OH is 2. The molecule has 0 aromatic heterocycles. The minimum atomic E-state index is -1.19. The molecule has 2 unspecified atom stereocenters. The average molecular weight is 185 g/mol. The van der Waals surface area contributed by atoms with Crippen LogP contribution in [0.25, 0.3) is 0 Å². The molecule has 0 amide bonds. The van der Waals surface area contributed by atoms with Gasteiger partial charge in [0.05, 0.1) is 20.1 Å². The second-order valence-electron chi connectivity index (χ2n) is 3.19. The Morgan fingerprint density at radius 3 is 2.54 bits per heavy atom. The van der Waals surface area contributed by atoms with Gasteiger partial charge in [0.1, 0.15) is 18.2 Å². The van der Waals surface area contributed by atoms with E-state index in [0.717, 1.165) is 0 Å². The third kappa shape index (κ3) is 1.90. The Balaban J connectivity index is 2.74. The first-order chi connectivity index (χ1) is 6.11. The Morgan fingerprint density at radius 2 is 2.08 bits per heavy atom. The summed E-state index contributed by atoms with van der Waals surface area (Å²) in [7, 11) is 5.32. The molecule has 0 aliphatic carbocycles. The topological polar surface area (TPSA) is 79.1 Å². The van der Waals surface area contributed by atoms with E-state index in [1.54, 1.807) is 6.92 Å². The summed E-state index contributed by atoms with van der Waals surface area (Å²) in [5, 5.41) is 21.5. The molecular formula is C7H12BNO4. The van der Waals surface area contributed by atoms with Gasteiger partial charge in [0, 0.05) is 0 Å². The third-order valence-electron chi connectivity index (χ3n) is 2.31. The monoisotopic (exact) mass is 185 g/mol. The van der Waals surface area contributed by atoms with Gasteiger partial charge in [-0.15, -0.1) is 0 Å². The van der Waals surface area contributed by atoms with Crippen LogP contribution in [-0.2, 0) is 4.74 Å². The van der Waals surface area contributed by atoms with Crippen LogP contribution >= 0.6 is 0 Å². The number of nitrogens with zero attached hydrogens (tertiary/aromatic N) is 1. The molecule has 0 aromatic carbocycles. The zero-order valence-electron chi connectivity index (χ0n) is 7.33. The fraction of sp³-hybridized carbons (Fsp3) is 1.00. The molecule has 72 valence electrons. The number of ether oxygens (including phenoxy) is 1. The van der Waals surface area contributed by atoms with Crippen LogP contribution < -0.4 is 0 Å². The molecule has 13 heavy (non-hydrogen) atoms. The predicted molar refractivity (Wildman–Crippen MR) is 46.5 cm³/mol. The summed E-state index contributed by atoms with van der Waals surface area (Å²) in [6.45, 7) is 1.61. The summed E-state index contributed by atoms with van der Waals surface area (Å²) in [4.78, 5) is 10.3. The van der Waals surface area contributed by atoms with E-state index in [0.29, 0.717) is 0 Å². The Hall–Kier alpha value is -0.455. The van der Waals surface area contributed by atoms with Crippen molar-refractivity contribution in [3.8, 4) is 0 Å². The molecule has 2 radical (unpaired) electrons. The molecule has 0 saturated carbocycles. The summed E-state index contributed by atoms with van der Waals surface area (Å²) >= 11 is 0. The van der Waals surface area contributed by atoms with E-state index in [2.05, 4.69) is 5.18 Å². The summed E-state index contributed by atoms with van der Waals surface area (Å²) in [6, 6.07) is -0.976. The standard InChI is InChI=1S/C7H12BNO4/c1-3-6(10)7(11)5(9-12)4(2-8)13-3/h3-7,10-11H,2H2,1H3/t3-,4-,5-,6?,7?/m1/s1. The molecule has 1 saturated heterocycles. The maximum atomic E-state index is 10.3. The highest BCUT2D eigenvalue weighted by Crippen LogP contribution is 2.24. The van der Waals surface area contributed by atoms with Crippen molar-refractivity contribution in [3.63, 3.8) is 0 Å². The summed E-state index contributed by atoms with van der Waals surface area (Å²) < 4.78 is 5.19. The van der Waals surface area contributed by atoms with Crippen LogP contribution in [0.5, 0.6) is 0 Å². The zero-order chi connectivity index (χ0) is 10.0. The molecule has 5 nitrogen and oxygen atoms in total. The van der Waals surface area contributed by atoms with Crippen molar-refractivity contribution in [2.75, 3.05) is 0 Å². The first-order valence-electron chi connectivity index (χ1n) is 4.16. The van der Waals surface area contributed by atoms with Crippen LogP contribution in [0.3, 0.4) is 0 Å². The van der Waals surface area contributed by atoms with Gasteiger partial charge in [-0.3, -0.25) is 0 Å². The van der Waals surface area contributed by atoms with Crippen LogP contribution in [0.15, 0.2) is 5.18 Å². The van der Waals surface area contributed by atoms with Crippen LogP contribution in [0, 0.1) is 4.91 Å². The molecule has 6 heteroatoms. The van der Waals surface area contributed by atoms with Gasteiger partial charge < -0.3 is 14.9 Å². The zero-order valence-corrected chi connectivity index (χ0v) is 7.33. The van der Waals surface area contributed by atoms with E-state index in [1.165, 1.54) is 0 Å². The van der Waals surface area contributed by atoms with Crippen molar-refractivity contribution in [1.82, 2.24) is 0 Å². The lowest BCUT2D eigenvalue weighted by Crippen LogP contribution is -2.55. The van der Waals surface area contributed by atoms with Crippen molar-refractivity contribution in [2.45, 2.75) is 43.7 Å².